The topological polar surface area (TPSA) is 63.5 Å². The number of hydrogen-bond acceptors (Lipinski definition) is 3. The van der Waals surface area contributed by atoms with Crippen LogP contribution in [0, 0.1) is 22.5 Å². The molecule has 8 heteroatoms. The number of rotatable bonds is 5. The van der Waals surface area contributed by atoms with E-state index in [1.807, 2.05) is 5.92 Å². The lowest BCUT2D eigenvalue weighted by atomic mass is 10.1. The zero-order valence-electron chi connectivity index (χ0n) is 11.2. The van der Waals surface area contributed by atoms with E-state index < -0.39 is 30.1 Å². The van der Waals surface area contributed by atoms with Crippen molar-refractivity contribution in [3.8, 4) is 12.3 Å². The number of terminal acetylenes is 1. The predicted octanol–water partition coefficient (Wildman–Crippen LogP) is 2.63. The standard InChI is InChI=1S/C14H11F3N2O3/c1-2-9-18(10-14(15,16)17)13(20)8-7-11-5-3-4-6-12(11)19(21)22/h1,3-8H,9-10H2. The first-order valence-electron chi connectivity index (χ1n) is 5.95. The summed E-state index contributed by atoms with van der Waals surface area (Å²) in [4.78, 5) is 22.3. The second-order valence-electron chi connectivity index (χ2n) is 4.16. The zero-order valence-corrected chi connectivity index (χ0v) is 11.2. The van der Waals surface area contributed by atoms with E-state index in [2.05, 4.69) is 0 Å². The molecule has 0 spiro atoms. The van der Waals surface area contributed by atoms with Gasteiger partial charge in [-0.15, -0.1) is 6.42 Å². The van der Waals surface area contributed by atoms with Gasteiger partial charge in [0.15, 0.2) is 0 Å². The minimum absolute atomic E-state index is 0.105. The molecule has 116 valence electrons. The number of para-hydroxylation sites is 1. The van der Waals surface area contributed by atoms with Crippen LogP contribution in [0.1, 0.15) is 5.56 Å². The van der Waals surface area contributed by atoms with Gasteiger partial charge in [-0.2, -0.15) is 13.2 Å². The fraction of sp³-hybridized carbons (Fsp3) is 0.214. The molecule has 0 aliphatic carbocycles. The lowest BCUT2D eigenvalue weighted by Gasteiger charge is -2.20. The van der Waals surface area contributed by atoms with Crippen molar-refractivity contribution in [2.24, 2.45) is 0 Å². The molecular weight excluding hydrogens is 301 g/mol. The van der Waals surface area contributed by atoms with Crippen LogP contribution in [0.25, 0.3) is 6.08 Å². The quantitative estimate of drug-likeness (QED) is 0.363. The average molecular weight is 312 g/mol. The fourth-order valence-electron chi connectivity index (χ4n) is 1.60. The van der Waals surface area contributed by atoms with Crippen molar-refractivity contribution in [1.82, 2.24) is 4.90 Å². The number of halogens is 3. The fourth-order valence-corrected chi connectivity index (χ4v) is 1.60. The van der Waals surface area contributed by atoms with E-state index >= 15 is 0 Å². The van der Waals surface area contributed by atoms with Crippen LogP contribution in [0.5, 0.6) is 0 Å². The minimum atomic E-state index is -4.58. The van der Waals surface area contributed by atoms with Crippen LogP contribution in [-0.2, 0) is 4.79 Å². The summed E-state index contributed by atoms with van der Waals surface area (Å²) in [5.41, 5.74) is -0.153. The molecule has 1 amide bonds. The van der Waals surface area contributed by atoms with Crippen molar-refractivity contribution in [3.05, 3.63) is 46.0 Å². The maximum atomic E-state index is 12.3. The highest BCUT2D eigenvalue weighted by Gasteiger charge is 2.32. The minimum Gasteiger partial charge on any atom is -0.319 e. The molecule has 0 heterocycles. The molecule has 0 aliphatic rings. The van der Waals surface area contributed by atoms with Crippen molar-refractivity contribution >= 4 is 17.7 Å². The summed E-state index contributed by atoms with van der Waals surface area (Å²) in [7, 11) is 0. The van der Waals surface area contributed by atoms with Gasteiger partial charge < -0.3 is 4.90 Å². The lowest BCUT2D eigenvalue weighted by Crippen LogP contribution is -2.38. The van der Waals surface area contributed by atoms with E-state index in [4.69, 9.17) is 6.42 Å². The summed E-state index contributed by atoms with van der Waals surface area (Å²) in [6.07, 6.45) is 2.26. The average Bonchev–Trinajstić information content (AvgIpc) is 2.43. The summed E-state index contributed by atoms with van der Waals surface area (Å²) in [6, 6.07) is 5.54. The highest BCUT2D eigenvalue weighted by molar-refractivity contribution is 5.92. The number of amides is 1. The summed E-state index contributed by atoms with van der Waals surface area (Å²) in [6.45, 7) is -2.00. The molecule has 1 rings (SSSR count). The molecule has 0 aliphatic heterocycles. The number of carbonyl (C=O) groups is 1. The number of benzene rings is 1. The molecule has 0 N–H and O–H groups in total. The maximum Gasteiger partial charge on any atom is 0.406 e. The van der Waals surface area contributed by atoms with Gasteiger partial charge in [-0.05, 0) is 12.1 Å². The number of nitro groups is 1. The molecule has 0 atom stereocenters. The van der Waals surface area contributed by atoms with Crippen LogP contribution in [0.4, 0.5) is 18.9 Å². The third-order valence-electron chi connectivity index (χ3n) is 2.50. The Morgan fingerprint density at radius 2 is 2.05 bits per heavy atom. The molecule has 0 saturated heterocycles. The molecular formula is C14H11F3N2O3. The van der Waals surface area contributed by atoms with Crippen LogP contribution in [0.2, 0.25) is 0 Å². The van der Waals surface area contributed by atoms with Crippen molar-refractivity contribution in [2.45, 2.75) is 6.18 Å². The van der Waals surface area contributed by atoms with E-state index in [1.165, 1.54) is 24.3 Å². The first-order valence-corrected chi connectivity index (χ1v) is 5.95. The predicted molar refractivity (Wildman–Crippen MR) is 73.6 cm³/mol. The Morgan fingerprint density at radius 1 is 1.41 bits per heavy atom. The third kappa shape index (κ3) is 5.28. The highest BCUT2D eigenvalue weighted by atomic mass is 19.4. The Labute approximate surface area is 124 Å². The van der Waals surface area contributed by atoms with E-state index in [0.29, 0.717) is 4.90 Å². The van der Waals surface area contributed by atoms with Crippen LogP contribution in [-0.4, -0.2) is 35.0 Å². The van der Waals surface area contributed by atoms with Gasteiger partial charge in [-0.25, -0.2) is 0 Å². The first-order chi connectivity index (χ1) is 10.2. The molecule has 0 bridgehead atoms. The SMILES string of the molecule is C#CCN(CC(F)(F)F)C(=O)C=Cc1ccccc1[N+](=O)[O-]. The lowest BCUT2D eigenvalue weighted by molar-refractivity contribution is -0.385. The van der Waals surface area contributed by atoms with Gasteiger partial charge in [0.25, 0.3) is 5.69 Å². The Balaban J connectivity index is 2.94. The van der Waals surface area contributed by atoms with Crippen molar-refractivity contribution in [1.29, 1.82) is 0 Å². The Morgan fingerprint density at radius 3 is 2.59 bits per heavy atom. The van der Waals surface area contributed by atoms with E-state index in [0.717, 1.165) is 12.2 Å². The van der Waals surface area contributed by atoms with E-state index in [9.17, 15) is 28.1 Å². The molecule has 0 unspecified atom stereocenters. The van der Waals surface area contributed by atoms with Gasteiger partial charge in [-0.1, -0.05) is 18.1 Å². The summed E-state index contributed by atoms with van der Waals surface area (Å²) in [5, 5.41) is 10.8. The van der Waals surface area contributed by atoms with Gasteiger partial charge in [0.2, 0.25) is 5.91 Å². The number of nitrogens with zero attached hydrogens (tertiary/aromatic N) is 2. The number of hydrogen-bond donors (Lipinski definition) is 0. The molecule has 1 aromatic rings. The van der Waals surface area contributed by atoms with Crippen molar-refractivity contribution in [2.75, 3.05) is 13.1 Å². The summed E-state index contributed by atoms with van der Waals surface area (Å²) >= 11 is 0. The van der Waals surface area contributed by atoms with Gasteiger partial charge in [0.05, 0.1) is 17.0 Å². The summed E-state index contributed by atoms with van der Waals surface area (Å²) < 4.78 is 37.0. The monoisotopic (exact) mass is 312 g/mol. The highest BCUT2D eigenvalue weighted by Crippen LogP contribution is 2.20. The molecule has 1 aromatic carbocycles. The number of alkyl halides is 3. The van der Waals surface area contributed by atoms with Crippen LogP contribution < -0.4 is 0 Å². The second-order valence-corrected chi connectivity index (χ2v) is 4.16. The molecule has 22 heavy (non-hydrogen) atoms. The largest absolute Gasteiger partial charge is 0.406 e. The summed E-state index contributed by atoms with van der Waals surface area (Å²) in [5.74, 6) is 0.984. The first kappa shape index (κ1) is 17.2. The Hall–Kier alpha value is -2.82. The van der Waals surface area contributed by atoms with E-state index in [1.54, 1.807) is 0 Å². The van der Waals surface area contributed by atoms with Crippen LogP contribution >= 0.6 is 0 Å². The van der Waals surface area contributed by atoms with Crippen molar-refractivity contribution in [3.63, 3.8) is 0 Å². The van der Waals surface area contributed by atoms with Crippen LogP contribution in [0.3, 0.4) is 0 Å². The zero-order chi connectivity index (χ0) is 16.8. The van der Waals surface area contributed by atoms with Gasteiger partial charge in [0.1, 0.15) is 6.54 Å². The van der Waals surface area contributed by atoms with Gasteiger partial charge in [-0.3, -0.25) is 14.9 Å². The van der Waals surface area contributed by atoms with Gasteiger partial charge >= 0.3 is 6.18 Å². The molecule has 0 radical (unpaired) electrons. The van der Waals surface area contributed by atoms with Crippen molar-refractivity contribution < 1.29 is 22.9 Å². The smallest absolute Gasteiger partial charge is 0.319 e. The normalized spacial score (nSPS) is 11.2. The molecule has 5 nitrogen and oxygen atoms in total. The number of carbonyl (C=O) groups excluding carboxylic acids is 1. The Bertz CT molecular complexity index is 633. The molecule has 0 aromatic heterocycles. The number of nitro benzene ring substituents is 1. The Kier molecular flexibility index (Phi) is 5.69. The molecule has 0 saturated carbocycles. The van der Waals surface area contributed by atoms with Crippen LogP contribution in [0.15, 0.2) is 30.3 Å². The van der Waals surface area contributed by atoms with Gasteiger partial charge in [0, 0.05) is 12.1 Å². The second kappa shape index (κ2) is 7.26. The van der Waals surface area contributed by atoms with E-state index in [-0.39, 0.29) is 11.3 Å². The third-order valence-corrected chi connectivity index (χ3v) is 2.50. The molecule has 0 fully saturated rings. The maximum absolute atomic E-state index is 12.3.